The second-order valence-corrected chi connectivity index (χ2v) is 30.7. The minimum Gasteiger partial charge on any atom is -0.370 e. The maximum absolute atomic E-state index is 13.3. The van der Waals surface area contributed by atoms with Crippen LogP contribution in [0.15, 0.2) is 97.3 Å². The van der Waals surface area contributed by atoms with Gasteiger partial charge in [0, 0.05) is 171 Å². The molecule has 0 radical (unpaired) electrons. The fourth-order valence-corrected chi connectivity index (χ4v) is 17.0. The SMILES string of the molecule is CN1CCN([C@@H]2CCCN(c3cnc(C(N)=O)c(Nc4ccc(N5CC6(C5)CN(c5ccc7c(c5)C(=O)N(C5CC(=O)CNC5=O)C7=O)C6)cc4)n3)C2)C1=O.CN1CCN([C@@H]2CCCN(c3cnc(C(N)=O)c(Nc4ccc(N5CC6(CNC6)C5)cc4)n3)C2)C1=O.O=C1CNC(=O)C(N2C(=O)c3ccc(F)cc3C2=O)C1. The second-order valence-electron chi connectivity index (χ2n) is 30.7. The molecule has 0 bridgehead atoms. The Labute approximate surface area is 635 Å². The summed E-state index contributed by atoms with van der Waals surface area (Å²) in [7, 11) is 3.66. The molecule has 12 amide bonds. The van der Waals surface area contributed by atoms with Crippen molar-refractivity contribution in [3.05, 3.63) is 137 Å². The van der Waals surface area contributed by atoms with Gasteiger partial charge in [-0.05, 0) is 111 Å². The summed E-state index contributed by atoms with van der Waals surface area (Å²) in [5.74, 6) is -4.13. The number of nitrogens with zero attached hydrogens (tertiary/aromatic N) is 15. The van der Waals surface area contributed by atoms with E-state index in [1.54, 1.807) is 34.3 Å². The van der Waals surface area contributed by atoms with Gasteiger partial charge in [-0.2, -0.15) is 0 Å². The fraction of sp³-hybridized carbons (Fsp3) is 0.421. The topological polar surface area (TPSA) is 404 Å². The number of ketones is 2. The Balaban J connectivity index is 0.000000142. The van der Waals surface area contributed by atoms with Crippen LogP contribution in [0.2, 0.25) is 0 Å². The van der Waals surface area contributed by atoms with E-state index in [1.807, 2.05) is 66.4 Å². The predicted molar refractivity (Wildman–Crippen MR) is 402 cm³/mol. The Morgan fingerprint density at radius 1 is 0.486 bits per heavy atom. The monoisotopic (exact) mass is 1510 g/mol. The lowest BCUT2D eigenvalue weighted by Gasteiger charge is -2.61. The number of aromatic nitrogens is 4. The van der Waals surface area contributed by atoms with Crippen LogP contribution in [0.25, 0.3) is 0 Å². The van der Waals surface area contributed by atoms with Crippen LogP contribution in [0.3, 0.4) is 0 Å². The number of rotatable bonds is 15. The standard InChI is InChI=1S/C38H41N11O6.C25H33N9O2.C13H9FN2O4/c1-44-11-12-48(37(44)55)25-3-2-10-45(17-25)30-16-40-31(32(39)51)33(43-30)42-22-4-6-23(7-5-22)46-18-38(19-46)20-47(21-38)24-8-9-27-28(13-24)36(54)49(35(27)53)29-14-26(50)15-41-34(29)52;1-31-9-10-34(24(31)36)19-3-2-8-32(12-19)20-11-28-21(22(26)35)23(30-20)29-17-4-6-18(7-5-17)33-15-25(16-33)13-27-14-25;14-6-1-2-8-9(3-6)13(20)16(12(8)19)10-4-7(17)5-15-11(10)18/h4-9,13,16,25,29H,2-3,10-12,14-15,17-21H2,1H3,(H2,39,51)(H,41,52)(H,42,43);4-7,11,19,27H,2-3,8-10,12-16H2,1H3,(H2,26,35)(H,29,30);1-3,10H,4-5H2,(H,15,18)/t25-,29?;19-;/m11./s1. The van der Waals surface area contributed by atoms with Crippen molar-refractivity contribution in [3.8, 4) is 0 Å². The van der Waals surface area contributed by atoms with Gasteiger partial charge in [0.25, 0.3) is 35.4 Å². The number of likely N-dealkylation sites (N-methyl/N-ethyl adjacent to an activating group) is 2. The van der Waals surface area contributed by atoms with Crippen molar-refractivity contribution < 1.29 is 61.9 Å². The van der Waals surface area contributed by atoms with E-state index < -0.39 is 65.2 Å². The molecule has 35 heteroatoms. The zero-order valence-electron chi connectivity index (χ0n) is 61.2. The van der Waals surface area contributed by atoms with Crippen LogP contribution < -0.4 is 62.6 Å². The minimum absolute atomic E-state index is 0.0433. The number of amides is 12. The molecule has 6 aromatic rings. The first-order valence-electron chi connectivity index (χ1n) is 37.2. The maximum Gasteiger partial charge on any atom is 0.320 e. The molecule has 4 atom stereocenters. The Bertz CT molecular complexity index is 4870. The van der Waals surface area contributed by atoms with E-state index in [1.165, 1.54) is 11.8 Å². The minimum atomic E-state index is -1.16. The molecule has 9 N–H and O–H groups in total. The van der Waals surface area contributed by atoms with Crippen LogP contribution >= 0.6 is 0 Å². The Kier molecular flexibility index (Phi) is 18.9. The number of hydrogen-bond acceptors (Lipinski definition) is 24. The van der Waals surface area contributed by atoms with Crippen molar-refractivity contribution in [1.82, 2.24) is 65.3 Å². The Hall–Kier alpha value is -12.4. The molecule has 0 aliphatic carbocycles. The van der Waals surface area contributed by atoms with Gasteiger partial charge in [0.05, 0.1) is 59.8 Å². The van der Waals surface area contributed by atoms with Gasteiger partial charge in [0.2, 0.25) is 11.8 Å². The van der Waals surface area contributed by atoms with Crippen LogP contribution in [0.5, 0.6) is 0 Å². The van der Waals surface area contributed by atoms with Crippen LogP contribution in [-0.4, -0.2) is 276 Å². The summed E-state index contributed by atoms with van der Waals surface area (Å²) in [6.45, 7) is 13.3. The van der Waals surface area contributed by atoms with Gasteiger partial charge in [-0.15, -0.1) is 0 Å². The van der Waals surface area contributed by atoms with Crippen LogP contribution in [0.4, 0.5) is 65.7 Å². The Morgan fingerprint density at radius 2 is 0.892 bits per heavy atom. The summed E-state index contributed by atoms with van der Waals surface area (Å²) in [6.07, 6.45) is 6.53. The zero-order chi connectivity index (χ0) is 77.5. The number of urea groups is 2. The number of hydrogen-bond donors (Lipinski definition) is 7. The van der Waals surface area contributed by atoms with Gasteiger partial charge in [0.1, 0.15) is 29.5 Å². The molecule has 2 unspecified atom stereocenters. The summed E-state index contributed by atoms with van der Waals surface area (Å²) < 4.78 is 13.2. The zero-order valence-corrected chi connectivity index (χ0v) is 61.2. The molecule has 12 aliphatic rings. The number of fused-ring (bicyclic) bond motifs is 2. The number of piperidine rings is 4. The molecule has 18 rings (SSSR count). The van der Waals surface area contributed by atoms with Crippen molar-refractivity contribution >= 4 is 123 Å². The third-order valence-electron chi connectivity index (χ3n) is 23.1. The summed E-state index contributed by atoms with van der Waals surface area (Å²) in [4.78, 5) is 186. The third kappa shape index (κ3) is 13.9. The summed E-state index contributed by atoms with van der Waals surface area (Å²) >= 11 is 0. The highest BCUT2D eigenvalue weighted by Gasteiger charge is 2.54. The number of benzene rings is 4. The Morgan fingerprint density at radius 3 is 1.31 bits per heavy atom. The van der Waals surface area contributed by atoms with Crippen molar-refractivity contribution in [2.24, 2.45) is 22.3 Å². The van der Waals surface area contributed by atoms with E-state index in [2.05, 4.69) is 73.2 Å². The quantitative estimate of drug-likeness (QED) is 0.0723. The highest BCUT2D eigenvalue weighted by molar-refractivity contribution is 6.24. The molecular formula is C76H83FN22O12. The van der Waals surface area contributed by atoms with Gasteiger partial charge < -0.3 is 82.2 Å². The van der Waals surface area contributed by atoms with E-state index in [0.717, 1.165) is 149 Å². The number of halogens is 1. The fourth-order valence-electron chi connectivity index (χ4n) is 17.0. The molecule has 10 saturated heterocycles. The van der Waals surface area contributed by atoms with Crippen LogP contribution in [0, 0.1) is 16.6 Å². The number of carbonyl (C=O) groups is 12. The highest BCUT2D eigenvalue weighted by Crippen LogP contribution is 2.46. The molecule has 14 heterocycles. The lowest BCUT2D eigenvalue weighted by Crippen LogP contribution is -2.72. The van der Waals surface area contributed by atoms with Gasteiger partial charge in [-0.1, -0.05) is 0 Å². The first kappa shape index (κ1) is 72.8. The molecule has 0 saturated carbocycles. The average molecular weight is 1520 g/mol. The third-order valence-corrected chi connectivity index (χ3v) is 23.1. The van der Waals surface area contributed by atoms with Crippen molar-refractivity contribution in [3.63, 3.8) is 0 Å². The maximum atomic E-state index is 13.3. The van der Waals surface area contributed by atoms with E-state index >= 15 is 0 Å². The summed E-state index contributed by atoms with van der Waals surface area (Å²) in [5, 5.41) is 14.7. The summed E-state index contributed by atoms with van der Waals surface area (Å²) in [6, 6.07) is 22.5. The van der Waals surface area contributed by atoms with E-state index in [-0.39, 0.29) is 107 Å². The van der Waals surface area contributed by atoms with Gasteiger partial charge in [-0.3, -0.25) is 57.7 Å². The molecule has 10 fully saturated rings. The molecule has 576 valence electrons. The largest absolute Gasteiger partial charge is 0.370 e. The first-order valence-corrected chi connectivity index (χ1v) is 37.2. The molecule has 4 aromatic carbocycles. The predicted octanol–water partition coefficient (Wildman–Crippen LogP) is 1.98. The van der Waals surface area contributed by atoms with Crippen molar-refractivity contribution in [1.29, 1.82) is 0 Å². The number of Topliss-reactive ketones (excluding diaryl/α,β-unsaturated/α-hetero) is 2. The number of nitrogens with one attached hydrogen (secondary N) is 5. The van der Waals surface area contributed by atoms with Gasteiger partial charge in [0.15, 0.2) is 34.6 Å². The number of carbonyl (C=O) groups excluding carboxylic acids is 12. The van der Waals surface area contributed by atoms with Crippen LogP contribution in [0.1, 0.15) is 101 Å². The smallest absolute Gasteiger partial charge is 0.320 e. The van der Waals surface area contributed by atoms with Crippen LogP contribution in [-0.2, 0) is 19.2 Å². The molecule has 34 nitrogen and oxygen atoms in total. The normalized spacial score (nSPS) is 23.0. The number of imide groups is 2. The molecule has 12 aliphatic heterocycles. The first-order chi connectivity index (χ1) is 53.4. The molecule has 2 spiro atoms. The average Bonchev–Trinajstić information content (AvgIpc) is 1.74. The van der Waals surface area contributed by atoms with E-state index in [9.17, 15) is 61.9 Å². The highest BCUT2D eigenvalue weighted by atomic mass is 19.1. The van der Waals surface area contributed by atoms with Gasteiger partial charge >= 0.3 is 12.1 Å². The van der Waals surface area contributed by atoms with E-state index in [0.29, 0.717) is 49.0 Å². The van der Waals surface area contributed by atoms with Crippen molar-refractivity contribution in [2.45, 2.75) is 62.7 Å². The van der Waals surface area contributed by atoms with E-state index in [4.69, 9.17) is 21.4 Å². The summed E-state index contributed by atoms with van der Waals surface area (Å²) in [5.41, 5.74) is 17.1. The number of anilines is 9. The molecule has 111 heavy (non-hydrogen) atoms. The van der Waals surface area contributed by atoms with Crippen molar-refractivity contribution in [2.75, 3.05) is 167 Å². The molecule has 2 aromatic heterocycles. The lowest BCUT2D eigenvalue weighted by atomic mass is 9.72. The van der Waals surface area contributed by atoms with Gasteiger partial charge in [-0.25, -0.2) is 33.9 Å². The lowest BCUT2D eigenvalue weighted by molar-refractivity contribution is -0.133. The number of primary amides is 2. The number of nitrogens with two attached hydrogens (primary N) is 2. The molecular weight excluding hydrogens is 1430 g/mol. The second kappa shape index (κ2) is 28.9.